The summed E-state index contributed by atoms with van der Waals surface area (Å²) in [6, 6.07) is 4.32. The van der Waals surface area contributed by atoms with E-state index in [-0.39, 0.29) is 6.10 Å². The first kappa shape index (κ1) is 12.9. The highest BCUT2D eigenvalue weighted by molar-refractivity contribution is 6.18. The van der Waals surface area contributed by atoms with Crippen molar-refractivity contribution in [2.45, 2.75) is 39.6 Å². The zero-order valence-corrected chi connectivity index (χ0v) is 11.6. The molecular formula is C14H19ClO2. The van der Waals surface area contributed by atoms with Crippen LogP contribution in [0.15, 0.2) is 12.1 Å². The van der Waals surface area contributed by atoms with Crippen molar-refractivity contribution in [3.05, 3.63) is 34.4 Å². The van der Waals surface area contributed by atoms with Crippen molar-refractivity contribution in [2.75, 3.05) is 12.5 Å². The summed E-state index contributed by atoms with van der Waals surface area (Å²) in [4.78, 5) is 0. The van der Waals surface area contributed by atoms with E-state index in [1.54, 1.807) is 0 Å². The summed E-state index contributed by atoms with van der Waals surface area (Å²) in [5, 5.41) is 0. The number of hydrogen-bond donors (Lipinski definition) is 0. The first-order valence-corrected chi connectivity index (χ1v) is 6.46. The van der Waals surface area contributed by atoms with Crippen LogP contribution < -0.4 is 0 Å². The largest absolute Gasteiger partial charge is 0.343 e. The molecule has 0 bridgehead atoms. The average Bonchev–Trinajstić information content (AvgIpc) is 2.59. The van der Waals surface area contributed by atoms with Gasteiger partial charge in [-0.15, -0.1) is 11.6 Å². The van der Waals surface area contributed by atoms with Gasteiger partial charge in [0.2, 0.25) is 0 Å². The summed E-state index contributed by atoms with van der Waals surface area (Å²) in [6.07, 6.45) is -0.0123. The lowest BCUT2D eigenvalue weighted by Gasteiger charge is -2.27. The lowest BCUT2D eigenvalue weighted by molar-refractivity contribution is -0.160. The summed E-state index contributed by atoms with van der Waals surface area (Å²) in [5.74, 6) is -0.180. The molecule has 2 nitrogen and oxygen atoms in total. The fourth-order valence-corrected chi connectivity index (χ4v) is 2.89. The van der Waals surface area contributed by atoms with Crippen molar-refractivity contribution >= 4 is 11.6 Å². The Morgan fingerprint density at radius 3 is 2.35 bits per heavy atom. The zero-order valence-electron chi connectivity index (χ0n) is 10.8. The molecule has 1 heterocycles. The molecule has 0 saturated carbocycles. The Hall–Kier alpha value is -0.570. The van der Waals surface area contributed by atoms with Gasteiger partial charge in [0.1, 0.15) is 0 Å². The topological polar surface area (TPSA) is 18.5 Å². The van der Waals surface area contributed by atoms with E-state index in [9.17, 15) is 0 Å². The smallest absolute Gasteiger partial charge is 0.193 e. The van der Waals surface area contributed by atoms with E-state index in [4.69, 9.17) is 21.1 Å². The molecule has 3 heteroatoms. The standard InChI is InChI=1S/C14H19ClO2/c1-9-5-10(2)13(11(3)6-9)14(4)16-8-12(7-15)17-14/h5-6,12H,7-8H2,1-4H3. The van der Waals surface area contributed by atoms with Crippen LogP contribution in [0, 0.1) is 20.8 Å². The van der Waals surface area contributed by atoms with E-state index in [2.05, 4.69) is 32.9 Å². The van der Waals surface area contributed by atoms with Gasteiger partial charge in [-0.2, -0.15) is 0 Å². The Morgan fingerprint density at radius 1 is 1.29 bits per heavy atom. The third-order valence-corrected chi connectivity index (χ3v) is 3.58. The van der Waals surface area contributed by atoms with Crippen LogP contribution >= 0.6 is 11.6 Å². The molecule has 1 fully saturated rings. The SMILES string of the molecule is Cc1cc(C)c(C2(C)OCC(CCl)O2)c(C)c1. The van der Waals surface area contributed by atoms with Gasteiger partial charge in [-0.05, 0) is 38.8 Å². The van der Waals surface area contributed by atoms with Crippen LogP contribution in [0.25, 0.3) is 0 Å². The second kappa shape index (κ2) is 4.60. The highest BCUT2D eigenvalue weighted by Crippen LogP contribution is 2.38. The minimum absolute atomic E-state index is 0.0123. The second-order valence-corrected chi connectivity index (χ2v) is 5.23. The van der Waals surface area contributed by atoms with Crippen LogP contribution in [0.2, 0.25) is 0 Å². The minimum atomic E-state index is -0.651. The molecule has 1 aromatic rings. The van der Waals surface area contributed by atoms with Gasteiger partial charge in [0.05, 0.1) is 18.6 Å². The molecule has 0 aromatic heterocycles. The van der Waals surface area contributed by atoms with E-state index >= 15 is 0 Å². The molecule has 0 N–H and O–H groups in total. The molecule has 1 aliphatic heterocycles. The predicted molar refractivity (Wildman–Crippen MR) is 69.6 cm³/mol. The molecule has 2 rings (SSSR count). The van der Waals surface area contributed by atoms with Crippen LogP contribution in [0.5, 0.6) is 0 Å². The van der Waals surface area contributed by atoms with E-state index in [0.717, 1.165) is 5.56 Å². The number of benzene rings is 1. The van der Waals surface area contributed by atoms with Crippen molar-refractivity contribution in [2.24, 2.45) is 0 Å². The Morgan fingerprint density at radius 2 is 1.88 bits per heavy atom. The van der Waals surface area contributed by atoms with Gasteiger partial charge in [-0.25, -0.2) is 0 Å². The van der Waals surface area contributed by atoms with E-state index < -0.39 is 5.79 Å². The van der Waals surface area contributed by atoms with Gasteiger partial charge in [0.15, 0.2) is 5.79 Å². The Labute approximate surface area is 108 Å². The quantitative estimate of drug-likeness (QED) is 0.753. The molecule has 0 amide bonds. The monoisotopic (exact) mass is 254 g/mol. The lowest BCUT2D eigenvalue weighted by atomic mass is 9.94. The predicted octanol–water partition coefficient (Wildman–Crippen LogP) is 3.44. The van der Waals surface area contributed by atoms with Gasteiger partial charge in [-0.3, -0.25) is 0 Å². The van der Waals surface area contributed by atoms with Gasteiger partial charge in [0, 0.05) is 5.56 Å². The Bertz CT molecular complexity index is 407. The van der Waals surface area contributed by atoms with Crippen LogP contribution in [0.1, 0.15) is 29.2 Å². The van der Waals surface area contributed by atoms with Crippen LogP contribution in [-0.4, -0.2) is 18.6 Å². The van der Waals surface area contributed by atoms with Gasteiger partial charge in [-0.1, -0.05) is 17.7 Å². The summed E-state index contributed by atoms with van der Waals surface area (Å²) in [5.41, 5.74) is 4.82. The Kier molecular flexibility index (Phi) is 3.48. The average molecular weight is 255 g/mol. The van der Waals surface area contributed by atoms with Crippen LogP contribution in [-0.2, 0) is 15.3 Å². The second-order valence-electron chi connectivity index (χ2n) is 4.92. The molecule has 1 saturated heterocycles. The molecule has 1 aliphatic rings. The highest BCUT2D eigenvalue weighted by atomic mass is 35.5. The van der Waals surface area contributed by atoms with Crippen molar-refractivity contribution in [1.82, 2.24) is 0 Å². The van der Waals surface area contributed by atoms with Gasteiger partial charge < -0.3 is 9.47 Å². The first-order valence-electron chi connectivity index (χ1n) is 5.92. The van der Waals surface area contributed by atoms with Gasteiger partial charge >= 0.3 is 0 Å². The van der Waals surface area contributed by atoms with Crippen molar-refractivity contribution in [1.29, 1.82) is 0 Å². The molecule has 17 heavy (non-hydrogen) atoms. The van der Waals surface area contributed by atoms with Crippen LogP contribution in [0.3, 0.4) is 0 Å². The fourth-order valence-electron chi connectivity index (χ4n) is 2.74. The minimum Gasteiger partial charge on any atom is -0.343 e. The Balaban J connectivity index is 2.41. The molecule has 94 valence electrons. The zero-order chi connectivity index (χ0) is 12.6. The fraction of sp³-hybridized carbons (Fsp3) is 0.571. The van der Waals surface area contributed by atoms with Crippen molar-refractivity contribution < 1.29 is 9.47 Å². The number of halogens is 1. The molecule has 0 radical (unpaired) electrons. The molecular weight excluding hydrogens is 236 g/mol. The summed E-state index contributed by atoms with van der Waals surface area (Å²) < 4.78 is 11.8. The normalized spacial score (nSPS) is 28.6. The summed E-state index contributed by atoms with van der Waals surface area (Å²) in [6.45, 7) is 8.84. The van der Waals surface area contributed by atoms with E-state index in [1.807, 2.05) is 6.92 Å². The summed E-state index contributed by atoms with van der Waals surface area (Å²) >= 11 is 5.82. The number of rotatable bonds is 2. The molecule has 2 unspecified atom stereocenters. The lowest BCUT2D eigenvalue weighted by Crippen LogP contribution is -2.26. The summed E-state index contributed by atoms with van der Waals surface area (Å²) in [7, 11) is 0. The molecule has 1 aromatic carbocycles. The molecule has 2 atom stereocenters. The molecule has 0 spiro atoms. The van der Waals surface area contributed by atoms with Gasteiger partial charge in [0.25, 0.3) is 0 Å². The third-order valence-electron chi connectivity index (χ3n) is 3.24. The maximum atomic E-state index is 5.93. The maximum absolute atomic E-state index is 5.93. The first-order chi connectivity index (χ1) is 7.96. The number of ether oxygens (including phenoxy) is 2. The maximum Gasteiger partial charge on any atom is 0.193 e. The third kappa shape index (κ3) is 2.35. The number of aryl methyl sites for hydroxylation is 3. The van der Waals surface area contributed by atoms with Crippen molar-refractivity contribution in [3.8, 4) is 0 Å². The van der Waals surface area contributed by atoms with Crippen LogP contribution in [0.4, 0.5) is 0 Å². The van der Waals surface area contributed by atoms with E-state index in [0.29, 0.717) is 12.5 Å². The van der Waals surface area contributed by atoms with E-state index in [1.165, 1.54) is 16.7 Å². The number of hydrogen-bond acceptors (Lipinski definition) is 2. The number of alkyl halides is 1. The van der Waals surface area contributed by atoms with Crippen molar-refractivity contribution in [3.63, 3.8) is 0 Å². The molecule has 0 aliphatic carbocycles. The highest BCUT2D eigenvalue weighted by Gasteiger charge is 2.40.